The molecule has 1 atom stereocenters. The van der Waals surface area contributed by atoms with Crippen LogP contribution in [0.4, 0.5) is 0 Å². The highest BCUT2D eigenvalue weighted by molar-refractivity contribution is 6.34. The Morgan fingerprint density at radius 3 is 2.87 bits per heavy atom. The molecule has 1 unspecified atom stereocenters. The summed E-state index contributed by atoms with van der Waals surface area (Å²) in [6, 6.07) is 6.04. The van der Waals surface area contributed by atoms with E-state index >= 15 is 0 Å². The molecule has 0 spiro atoms. The first-order valence-electron chi connectivity index (χ1n) is 10.5. The van der Waals surface area contributed by atoms with E-state index < -0.39 is 0 Å². The third-order valence-corrected chi connectivity index (χ3v) is 6.10. The zero-order chi connectivity index (χ0) is 21.5. The van der Waals surface area contributed by atoms with Gasteiger partial charge < -0.3 is 10.1 Å². The van der Waals surface area contributed by atoms with Gasteiger partial charge in [0.05, 0.1) is 29.2 Å². The van der Waals surface area contributed by atoms with Crippen LogP contribution in [-0.4, -0.2) is 37.5 Å². The Morgan fingerprint density at radius 2 is 2.06 bits per heavy atom. The molecule has 5 heterocycles. The first-order chi connectivity index (χ1) is 15.0. The number of aryl methyl sites for hydroxylation is 1. The van der Waals surface area contributed by atoms with Crippen molar-refractivity contribution in [2.24, 2.45) is 0 Å². The molecule has 7 nitrogen and oxygen atoms in total. The molecule has 8 heteroatoms. The van der Waals surface area contributed by atoms with E-state index in [-0.39, 0.29) is 6.10 Å². The monoisotopic (exact) mass is 436 g/mol. The van der Waals surface area contributed by atoms with Crippen molar-refractivity contribution in [2.75, 3.05) is 13.1 Å². The molecular formula is C23H25ClN6O. The molecule has 0 saturated carbocycles. The van der Waals surface area contributed by atoms with Crippen molar-refractivity contribution in [1.82, 2.24) is 29.7 Å². The first-order valence-corrected chi connectivity index (χ1v) is 10.9. The second-order valence-corrected chi connectivity index (χ2v) is 8.45. The molecular weight excluding hydrogens is 412 g/mol. The summed E-state index contributed by atoms with van der Waals surface area (Å²) in [5.74, 6) is 0.666. The molecule has 0 aliphatic carbocycles. The lowest BCUT2D eigenvalue weighted by molar-refractivity contribution is 0.224. The second kappa shape index (κ2) is 7.98. The number of pyridine rings is 2. The third kappa shape index (κ3) is 3.68. The minimum absolute atomic E-state index is 0.239. The smallest absolute Gasteiger partial charge is 0.148 e. The van der Waals surface area contributed by atoms with Gasteiger partial charge in [0.2, 0.25) is 0 Å². The summed E-state index contributed by atoms with van der Waals surface area (Å²) in [5.41, 5.74) is 7.10. The molecule has 0 saturated heterocycles. The number of hydrogen-bond acceptors (Lipinski definition) is 5. The van der Waals surface area contributed by atoms with Crippen LogP contribution < -0.4 is 10.1 Å². The van der Waals surface area contributed by atoms with Gasteiger partial charge in [0.1, 0.15) is 17.4 Å². The third-order valence-electron chi connectivity index (χ3n) is 5.82. The highest BCUT2D eigenvalue weighted by atomic mass is 35.5. The molecule has 1 aliphatic rings. The van der Waals surface area contributed by atoms with Crippen molar-refractivity contribution in [2.45, 2.75) is 39.8 Å². The summed E-state index contributed by atoms with van der Waals surface area (Å²) in [4.78, 5) is 4.51. The van der Waals surface area contributed by atoms with Crippen LogP contribution in [0.15, 0.2) is 36.8 Å². The summed E-state index contributed by atoms with van der Waals surface area (Å²) in [6.45, 7) is 8.91. The van der Waals surface area contributed by atoms with Gasteiger partial charge in [0.15, 0.2) is 0 Å². The van der Waals surface area contributed by atoms with Crippen molar-refractivity contribution < 1.29 is 4.74 Å². The maximum Gasteiger partial charge on any atom is 0.148 e. The first kappa shape index (κ1) is 20.0. The average Bonchev–Trinajstić information content (AvgIpc) is 3.18. The SMILES string of the molecule is Cc1ccc(C(C)Oc2cc(-c3nn4c(c3C)CCNCC4)cn3ncc(Cl)c23)nc1. The van der Waals surface area contributed by atoms with Crippen LogP contribution in [0.1, 0.15) is 35.5 Å². The summed E-state index contributed by atoms with van der Waals surface area (Å²) in [5, 5.41) is 13.3. The molecule has 5 rings (SSSR count). The maximum atomic E-state index is 6.45. The highest BCUT2D eigenvalue weighted by Gasteiger charge is 2.21. The lowest BCUT2D eigenvalue weighted by Gasteiger charge is -2.16. The van der Waals surface area contributed by atoms with Crippen molar-refractivity contribution in [1.29, 1.82) is 0 Å². The van der Waals surface area contributed by atoms with Gasteiger partial charge in [0.25, 0.3) is 0 Å². The molecule has 4 aromatic rings. The number of nitrogens with one attached hydrogen (secondary N) is 1. The molecule has 0 radical (unpaired) electrons. The molecule has 1 N–H and O–H groups in total. The zero-order valence-electron chi connectivity index (χ0n) is 17.9. The zero-order valence-corrected chi connectivity index (χ0v) is 18.6. The molecule has 1 aliphatic heterocycles. The predicted octanol–water partition coefficient (Wildman–Crippen LogP) is 4.15. The molecule has 0 aromatic carbocycles. The highest BCUT2D eigenvalue weighted by Crippen LogP contribution is 2.35. The van der Waals surface area contributed by atoms with Gasteiger partial charge in [-0.15, -0.1) is 0 Å². The van der Waals surface area contributed by atoms with Crippen molar-refractivity contribution in [3.8, 4) is 17.0 Å². The van der Waals surface area contributed by atoms with E-state index in [0.29, 0.717) is 10.8 Å². The topological polar surface area (TPSA) is 69.3 Å². The van der Waals surface area contributed by atoms with E-state index in [0.717, 1.165) is 54.1 Å². The molecule has 4 aromatic heterocycles. The number of nitrogens with zero attached hydrogens (tertiary/aromatic N) is 5. The van der Waals surface area contributed by atoms with Gasteiger partial charge in [-0.05, 0) is 44.0 Å². The Hall–Kier alpha value is -2.90. The summed E-state index contributed by atoms with van der Waals surface area (Å²) in [7, 11) is 0. The fraction of sp³-hybridized carbons (Fsp3) is 0.348. The maximum absolute atomic E-state index is 6.45. The van der Waals surface area contributed by atoms with Gasteiger partial charge in [-0.1, -0.05) is 17.7 Å². The largest absolute Gasteiger partial charge is 0.482 e. The average molecular weight is 437 g/mol. The predicted molar refractivity (Wildman–Crippen MR) is 121 cm³/mol. The van der Waals surface area contributed by atoms with Crippen LogP contribution in [-0.2, 0) is 13.0 Å². The van der Waals surface area contributed by atoms with E-state index in [2.05, 4.69) is 27.0 Å². The molecule has 31 heavy (non-hydrogen) atoms. The van der Waals surface area contributed by atoms with E-state index in [9.17, 15) is 0 Å². The van der Waals surface area contributed by atoms with Gasteiger partial charge >= 0.3 is 0 Å². The summed E-state index contributed by atoms with van der Waals surface area (Å²) >= 11 is 6.45. The molecule has 160 valence electrons. The van der Waals surface area contributed by atoms with E-state index in [1.54, 1.807) is 10.7 Å². The number of hydrogen-bond donors (Lipinski definition) is 1. The van der Waals surface area contributed by atoms with Crippen molar-refractivity contribution >= 4 is 17.1 Å². The molecule has 0 fully saturated rings. The van der Waals surface area contributed by atoms with Gasteiger partial charge in [-0.2, -0.15) is 10.2 Å². The van der Waals surface area contributed by atoms with Crippen LogP contribution >= 0.6 is 11.6 Å². The Kier molecular flexibility index (Phi) is 5.16. The number of fused-ring (bicyclic) bond motifs is 2. The standard InChI is InChI=1S/C23H25ClN6O/c1-14-4-5-19(26-11-14)16(3)31-21-10-17(13-30-23(21)18(24)12-27-30)22-15(2)20-6-7-25-8-9-29(20)28-22/h4-5,10-13,16,25H,6-9H2,1-3H3. The Morgan fingerprint density at radius 1 is 1.19 bits per heavy atom. The normalized spacial score (nSPS) is 15.0. The van der Waals surface area contributed by atoms with Crippen LogP contribution in [0.3, 0.4) is 0 Å². The van der Waals surface area contributed by atoms with E-state index in [4.69, 9.17) is 21.4 Å². The van der Waals surface area contributed by atoms with Gasteiger partial charge in [0, 0.05) is 43.2 Å². The minimum Gasteiger partial charge on any atom is -0.482 e. The number of aromatic nitrogens is 5. The van der Waals surface area contributed by atoms with Crippen molar-refractivity contribution in [3.63, 3.8) is 0 Å². The van der Waals surface area contributed by atoms with Gasteiger partial charge in [-0.25, -0.2) is 4.52 Å². The van der Waals surface area contributed by atoms with Crippen LogP contribution in [0, 0.1) is 13.8 Å². The second-order valence-electron chi connectivity index (χ2n) is 8.04. The van der Waals surface area contributed by atoms with Crippen LogP contribution in [0.25, 0.3) is 16.8 Å². The quantitative estimate of drug-likeness (QED) is 0.520. The summed E-state index contributed by atoms with van der Waals surface area (Å²) < 4.78 is 10.3. The number of halogens is 1. The van der Waals surface area contributed by atoms with E-state index in [1.165, 1.54) is 11.3 Å². The van der Waals surface area contributed by atoms with Crippen LogP contribution in [0.5, 0.6) is 5.75 Å². The van der Waals surface area contributed by atoms with Gasteiger partial charge in [-0.3, -0.25) is 9.67 Å². The lowest BCUT2D eigenvalue weighted by atomic mass is 10.1. The number of rotatable bonds is 4. The fourth-order valence-corrected chi connectivity index (χ4v) is 4.34. The Labute approximate surface area is 186 Å². The Balaban J connectivity index is 1.58. The molecule has 0 amide bonds. The lowest BCUT2D eigenvalue weighted by Crippen LogP contribution is -2.17. The molecule has 0 bridgehead atoms. The van der Waals surface area contributed by atoms with Crippen molar-refractivity contribution in [3.05, 3.63) is 64.3 Å². The summed E-state index contributed by atoms with van der Waals surface area (Å²) in [6.07, 6.45) is 6.19. The van der Waals surface area contributed by atoms with E-state index in [1.807, 2.05) is 44.4 Å². The fourth-order valence-electron chi connectivity index (χ4n) is 4.12. The van der Waals surface area contributed by atoms with Crippen LogP contribution in [0.2, 0.25) is 5.02 Å². The number of ether oxygens (including phenoxy) is 1. The minimum atomic E-state index is -0.239. The Bertz CT molecular complexity index is 1240.